The van der Waals surface area contributed by atoms with Gasteiger partial charge in [-0.05, 0) is 36.8 Å². The molecule has 11 heteroatoms. The maximum Gasteiger partial charge on any atom is 0.243 e. The van der Waals surface area contributed by atoms with Gasteiger partial charge in [0.25, 0.3) is 0 Å². The molecule has 1 aliphatic heterocycles. The van der Waals surface area contributed by atoms with E-state index in [0.717, 1.165) is 6.08 Å². The molecule has 1 aromatic rings. The van der Waals surface area contributed by atoms with Crippen LogP contribution in [0.3, 0.4) is 0 Å². The Morgan fingerprint density at radius 2 is 1.75 bits per heavy atom. The Morgan fingerprint density at radius 3 is 2.32 bits per heavy atom. The summed E-state index contributed by atoms with van der Waals surface area (Å²) in [5, 5.41) is 2.58. The first-order valence-electron chi connectivity index (χ1n) is 8.74. The van der Waals surface area contributed by atoms with Crippen molar-refractivity contribution in [2.24, 2.45) is 0 Å². The van der Waals surface area contributed by atoms with Gasteiger partial charge in [-0.1, -0.05) is 6.58 Å². The monoisotopic (exact) mass is 431 g/mol. The minimum Gasteiger partial charge on any atom is -0.379 e. The first-order valence-corrected chi connectivity index (χ1v) is 11.6. The molecular formula is C17H25N3O6S2. The summed E-state index contributed by atoms with van der Waals surface area (Å²) in [6.45, 7) is 5.08. The maximum absolute atomic E-state index is 12.6. The van der Waals surface area contributed by atoms with Crippen molar-refractivity contribution in [3.8, 4) is 0 Å². The topological polar surface area (TPSA) is 113 Å². The van der Waals surface area contributed by atoms with E-state index in [4.69, 9.17) is 4.74 Å². The number of carbonyl (C=O) groups excluding carboxylic acids is 1. The van der Waals surface area contributed by atoms with Crippen LogP contribution in [-0.4, -0.2) is 77.8 Å². The average molecular weight is 432 g/mol. The molecule has 0 aliphatic carbocycles. The lowest BCUT2D eigenvalue weighted by Crippen LogP contribution is -2.40. The molecule has 1 amide bonds. The third-order valence-electron chi connectivity index (χ3n) is 4.27. The van der Waals surface area contributed by atoms with Gasteiger partial charge >= 0.3 is 0 Å². The van der Waals surface area contributed by atoms with Crippen LogP contribution in [0.2, 0.25) is 0 Å². The van der Waals surface area contributed by atoms with Gasteiger partial charge in [-0.3, -0.25) is 4.79 Å². The lowest BCUT2D eigenvalue weighted by Gasteiger charge is -2.26. The molecule has 1 aromatic carbocycles. The minimum atomic E-state index is -3.76. The molecule has 0 atom stereocenters. The van der Waals surface area contributed by atoms with E-state index in [-0.39, 0.29) is 35.3 Å². The summed E-state index contributed by atoms with van der Waals surface area (Å²) in [6, 6.07) is 5.18. The number of nitrogens with one attached hydrogen (secondary N) is 1. The van der Waals surface area contributed by atoms with Gasteiger partial charge in [-0.15, -0.1) is 0 Å². The van der Waals surface area contributed by atoms with Crippen LogP contribution in [0, 0.1) is 0 Å². The van der Waals surface area contributed by atoms with E-state index in [2.05, 4.69) is 11.9 Å². The first kappa shape index (κ1) is 22.5. The standard InChI is InChI=1S/C17H25N3O6S2/c1-3-17(21)18-9-4-10-19(2)27(22,23)15-5-7-16(8-6-15)28(24,25)20-11-13-26-14-12-20/h3,5-8H,1,4,9-14H2,2H3,(H,18,21). The molecule has 0 unspecified atom stereocenters. The quantitative estimate of drug-likeness (QED) is 0.436. The average Bonchev–Trinajstić information content (AvgIpc) is 2.71. The van der Waals surface area contributed by atoms with Crippen molar-refractivity contribution in [3.63, 3.8) is 0 Å². The number of carbonyl (C=O) groups is 1. The van der Waals surface area contributed by atoms with Gasteiger partial charge in [-0.2, -0.15) is 4.31 Å². The number of nitrogens with zero attached hydrogens (tertiary/aromatic N) is 2. The van der Waals surface area contributed by atoms with E-state index >= 15 is 0 Å². The molecule has 0 radical (unpaired) electrons. The molecule has 1 fully saturated rings. The van der Waals surface area contributed by atoms with E-state index in [0.29, 0.717) is 26.2 Å². The summed E-state index contributed by atoms with van der Waals surface area (Å²) in [6.07, 6.45) is 1.58. The fraction of sp³-hybridized carbons (Fsp3) is 0.471. The first-order chi connectivity index (χ1) is 13.2. The second-order valence-corrected chi connectivity index (χ2v) is 10.1. The second kappa shape index (κ2) is 9.61. The number of benzene rings is 1. The molecule has 1 N–H and O–H groups in total. The van der Waals surface area contributed by atoms with E-state index in [1.54, 1.807) is 0 Å². The van der Waals surface area contributed by atoms with Crippen LogP contribution in [0.15, 0.2) is 46.7 Å². The van der Waals surface area contributed by atoms with Crippen LogP contribution in [0.25, 0.3) is 0 Å². The summed E-state index contributed by atoms with van der Waals surface area (Å²) >= 11 is 0. The zero-order valence-electron chi connectivity index (χ0n) is 15.7. The zero-order valence-corrected chi connectivity index (χ0v) is 17.3. The third kappa shape index (κ3) is 5.39. The number of amides is 1. The minimum absolute atomic E-state index is 0.00561. The third-order valence-corrected chi connectivity index (χ3v) is 8.06. The highest BCUT2D eigenvalue weighted by atomic mass is 32.2. The van der Waals surface area contributed by atoms with Gasteiger partial charge in [0.15, 0.2) is 0 Å². The van der Waals surface area contributed by atoms with Crippen molar-refractivity contribution in [3.05, 3.63) is 36.9 Å². The Bertz CT molecular complexity index is 891. The van der Waals surface area contributed by atoms with E-state index < -0.39 is 20.0 Å². The predicted molar refractivity (Wildman–Crippen MR) is 104 cm³/mol. The van der Waals surface area contributed by atoms with Gasteiger partial charge < -0.3 is 10.1 Å². The van der Waals surface area contributed by atoms with Gasteiger partial charge in [0.05, 0.1) is 23.0 Å². The normalized spacial score (nSPS) is 16.1. The van der Waals surface area contributed by atoms with Gasteiger partial charge in [0.2, 0.25) is 26.0 Å². The summed E-state index contributed by atoms with van der Waals surface area (Å²) in [5.41, 5.74) is 0. The summed E-state index contributed by atoms with van der Waals surface area (Å²) in [5.74, 6) is -0.317. The molecule has 9 nitrogen and oxygen atoms in total. The number of morpholine rings is 1. The molecular weight excluding hydrogens is 406 g/mol. The Kier molecular flexibility index (Phi) is 7.72. The van der Waals surface area contributed by atoms with Crippen LogP contribution in [0.5, 0.6) is 0 Å². The summed E-state index contributed by atoms with van der Waals surface area (Å²) in [7, 11) is -6.00. The molecule has 0 spiro atoms. The predicted octanol–water partition coefficient (Wildman–Crippen LogP) is 0.0203. The van der Waals surface area contributed by atoms with Gasteiger partial charge in [0.1, 0.15) is 0 Å². The highest BCUT2D eigenvalue weighted by molar-refractivity contribution is 7.89. The van der Waals surface area contributed by atoms with Gasteiger partial charge in [-0.25, -0.2) is 21.1 Å². The SMILES string of the molecule is C=CC(=O)NCCCN(C)S(=O)(=O)c1ccc(S(=O)(=O)N2CCOCC2)cc1. The van der Waals surface area contributed by atoms with Crippen LogP contribution >= 0.6 is 0 Å². The number of hydrogen-bond acceptors (Lipinski definition) is 6. The molecule has 0 aromatic heterocycles. The Hall–Kier alpha value is -1.79. The molecule has 0 bridgehead atoms. The Morgan fingerprint density at radius 1 is 1.18 bits per heavy atom. The van der Waals surface area contributed by atoms with Crippen molar-refractivity contribution in [1.82, 2.24) is 13.9 Å². The van der Waals surface area contributed by atoms with Crippen LogP contribution in [0.4, 0.5) is 0 Å². The van der Waals surface area contributed by atoms with E-state index in [1.165, 1.54) is 39.9 Å². The van der Waals surface area contributed by atoms with Crippen molar-refractivity contribution in [2.75, 3.05) is 46.4 Å². The number of ether oxygens (including phenoxy) is 1. The van der Waals surface area contributed by atoms with Crippen molar-refractivity contribution in [1.29, 1.82) is 0 Å². The lowest BCUT2D eigenvalue weighted by atomic mass is 10.4. The summed E-state index contributed by atoms with van der Waals surface area (Å²) in [4.78, 5) is 11.1. The van der Waals surface area contributed by atoms with Crippen LogP contribution in [-0.2, 0) is 29.6 Å². The van der Waals surface area contributed by atoms with Crippen molar-refractivity contribution in [2.45, 2.75) is 16.2 Å². The fourth-order valence-electron chi connectivity index (χ4n) is 2.61. The number of sulfonamides is 2. The molecule has 1 saturated heterocycles. The highest BCUT2D eigenvalue weighted by Crippen LogP contribution is 2.21. The van der Waals surface area contributed by atoms with Crippen LogP contribution in [0.1, 0.15) is 6.42 Å². The van der Waals surface area contributed by atoms with Crippen molar-refractivity contribution >= 4 is 26.0 Å². The molecule has 28 heavy (non-hydrogen) atoms. The molecule has 156 valence electrons. The summed E-state index contributed by atoms with van der Waals surface area (Å²) < 4.78 is 58.1. The highest BCUT2D eigenvalue weighted by Gasteiger charge is 2.27. The molecule has 2 rings (SSSR count). The Labute approximate surface area is 166 Å². The molecule has 0 saturated carbocycles. The van der Waals surface area contributed by atoms with Crippen molar-refractivity contribution < 1.29 is 26.4 Å². The fourth-order valence-corrected chi connectivity index (χ4v) is 5.22. The second-order valence-electron chi connectivity index (χ2n) is 6.16. The number of rotatable bonds is 9. The maximum atomic E-state index is 12.6. The zero-order chi connectivity index (χ0) is 20.8. The smallest absolute Gasteiger partial charge is 0.243 e. The molecule has 1 aliphatic rings. The van der Waals surface area contributed by atoms with Crippen LogP contribution < -0.4 is 5.32 Å². The number of hydrogen-bond donors (Lipinski definition) is 1. The van der Waals surface area contributed by atoms with E-state index in [9.17, 15) is 21.6 Å². The molecule has 1 heterocycles. The lowest BCUT2D eigenvalue weighted by molar-refractivity contribution is -0.116. The largest absolute Gasteiger partial charge is 0.379 e. The van der Waals surface area contributed by atoms with Gasteiger partial charge in [0, 0.05) is 33.2 Å². The van der Waals surface area contributed by atoms with E-state index in [1.807, 2.05) is 0 Å². The Balaban J connectivity index is 2.04.